The Bertz CT molecular complexity index is 364. The number of nitrogens with zero attached hydrogens (tertiary/aromatic N) is 2. The number of likely N-dealkylation sites (tertiary alicyclic amines) is 2. The third-order valence-electron chi connectivity index (χ3n) is 5.99. The summed E-state index contributed by atoms with van der Waals surface area (Å²) in [5.41, 5.74) is 0.0939. The van der Waals surface area contributed by atoms with Gasteiger partial charge in [-0.1, -0.05) is 6.92 Å². The monoisotopic (exact) mass is 325 g/mol. The molecule has 0 spiro atoms. The van der Waals surface area contributed by atoms with Gasteiger partial charge in [0.2, 0.25) is 5.91 Å². The van der Waals surface area contributed by atoms with Gasteiger partial charge in [0.15, 0.2) is 0 Å². The van der Waals surface area contributed by atoms with Crippen molar-refractivity contribution in [2.24, 2.45) is 5.41 Å². The summed E-state index contributed by atoms with van der Waals surface area (Å²) in [6.45, 7) is 11.4. The molecule has 2 N–H and O–H groups in total. The van der Waals surface area contributed by atoms with Crippen molar-refractivity contribution in [2.45, 2.75) is 65.0 Å². The van der Waals surface area contributed by atoms with Gasteiger partial charge in [0.05, 0.1) is 6.54 Å². The highest BCUT2D eigenvalue weighted by atomic mass is 16.3. The molecule has 0 atom stereocenters. The fourth-order valence-electron chi connectivity index (χ4n) is 3.85. The maximum atomic E-state index is 12.3. The topological polar surface area (TPSA) is 55.8 Å². The van der Waals surface area contributed by atoms with Gasteiger partial charge < -0.3 is 15.3 Å². The van der Waals surface area contributed by atoms with Crippen LogP contribution in [0.5, 0.6) is 0 Å². The normalized spacial score (nSPS) is 24.0. The van der Waals surface area contributed by atoms with Crippen molar-refractivity contribution in [3.05, 3.63) is 0 Å². The second-order valence-corrected chi connectivity index (χ2v) is 7.76. The Hall–Kier alpha value is -0.650. The van der Waals surface area contributed by atoms with Crippen LogP contribution in [0, 0.1) is 5.41 Å². The maximum absolute atomic E-state index is 12.3. The molecule has 2 rings (SSSR count). The number of piperidine rings is 2. The van der Waals surface area contributed by atoms with Gasteiger partial charge in [0, 0.05) is 31.8 Å². The van der Waals surface area contributed by atoms with Gasteiger partial charge in [-0.05, 0) is 64.5 Å². The van der Waals surface area contributed by atoms with Crippen molar-refractivity contribution in [2.75, 3.05) is 39.3 Å². The van der Waals surface area contributed by atoms with Crippen LogP contribution in [0.15, 0.2) is 0 Å². The first kappa shape index (κ1) is 18.7. The lowest BCUT2D eigenvalue weighted by atomic mass is 9.77. The number of hydrogen-bond donors (Lipinski definition) is 2. The van der Waals surface area contributed by atoms with Crippen LogP contribution in [0.25, 0.3) is 0 Å². The summed E-state index contributed by atoms with van der Waals surface area (Å²) in [5.74, 6) is 0.168. The third kappa shape index (κ3) is 5.16. The van der Waals surface area contributed by atoms with Crippen LogP contribution in [0.1, 0.15) is 52.9 Å². The van der Waals surface area contributed by atoms with E-state index in [-0.39, 0.29) is 17.9 Å². The Morgan fingerprint density at radius 3 is 2.30 bits per heavy atom. The summed E-state index contributed by atoms with van der Waals surface area (Å²) in [4.78, 5) is 17.0. The highest BCUT2D eigenvalue weighted by molar-refractivity contribution is 5.78. The molecule has 2 heterocycles. The zero-order valence-corrected chi connectivity index (χ0v) is 15.2. The fourth-order valence-corrected chi connectivity index (χ4v) is 3.85. The lowest BCUT2D eigenvalue weighted by molar-refractivity contribution is -0.124. The molecule has 134 valence electrons. The molecule has 0 aromatic heterocycles. The first-order valence-corrected chi connectivity index (χ1v) is 9.34. The number of hydrogen-bond acceptors (Lipinski definition) is 4. The molecule has 2 aliphatic heterocycles. The van der Waals surface area contributed by atoms with E-state index < -0.39 is 0 Å². The van der Waals surface area contributed by atoms with E-state index in [1.807, 2.05) is 0 Å². The van der Waals surface area contributed by atoms with E-state index in [9.17, 15) is 9.90 Å². The van der Waals surface area contributed by atoms with Crippen molar-refractivity contribution in [3.63, 3.8) is 0 Å². The predicted molar refractivity (Wildman–Crippen MR) is 93.4 cm³/mol. The van der Waals surface area contributed by atoms with Gasteiger partial charge in [-0.25, -0.2) is 0 Å². The van der Waals surface area contributed by atoms with Crippen LogP contribution in [0.4, 0.5) is 0 Å². The molecule has 0 bridgehead atoms. The quantitative estimate of drug-likeness (QED) is 0.776. The molecule has 0 aromatic carbocycles. The molecule has 0 aromatic rings. The molecule has 2 aliphatic rings. The number of amides is 1. The lowest BCUT2D eigenvalue weighted by Gasteiger charge is -2.40. The van der Waals surface area contributed by atoms with Gasteiger partial charge >= 0.3 is 0 Å². The minimum Gasteiger partial charge on any atom is -0.396 e. The van der Waals surface area contributed by atoms with Crippen LogP contribution >= 0.6 is 0 Å². The van der Waals surface area contributed by atoms with Crippen molar-refractivity contribution < 1.29 is 9.90 Å². The smallest absolute Gasteiger partial charge is 0.234 e. The summed E-state index contributed by atoms with van der Waals surface area (Å²) in [7, 11) is 0. The number of aliphatic hydroxyl groups excluding tert-OH is 1. The molecule has 0 saturated carbocycles. The van der Waals surface area contributed by atoms with Crippen LogP contribution in [0.3, 0.4) is 0 Å². The SMILES string of the molecule is CCC1(CO)CCN(CC(=O)NC2CCN(C(C)C)CC2)CC1. The minimum atomic E-state index is 0.0939. The Balaban J connectivity index is 1.68. The van der Waals surface area contributed by atoms with E-state index in [2.05, 4.69) is 35.9 Å². The maximum Gasteiger partial charge on any atom is 0.234 e. The third-order valence-corrected chi connectivity index (χ3v) is 5.99. The highest BCUT2D eigenvalue weighted by Crippen LogP contribution is 2.33. The molecule has 1 amide bonds. The van der Waals surface area contributed by atoms with E-state index in [1.54, 1.807) is 0 Å². The molecular formula is C18H35N3O2. The van der Waals surface area contributed by atoms with E-state index >= 15 is 0 Å². The first-order valence-electron chi connectivity index (χ1n) is 9.34. The van der Waals surface area contributed by atoms with Crippen molar-refractivity contribution in [1.29, 1.82) is 0 Å². The van der Waals surface area contributed by atoms with Gasteiger partial charge in [-0.2, -0.15) is 0 Å². The molecule has 5 nitrogen and oxygen atoms in total. The van der Waals surface area contributed by atoms with Crippen LogP contribution < -0.4 is 5.32 Å². The van der Waals surface area contributed by atoms with Crippen LogP contribution in [-0.4, -0.2) is 72.2 Å². The second-order valence-electron chi connectivity index (χ2n) is 7.76. The summed E-state index contributed by atoms with van der Waals surface area (Å²) < 4.78 is 0. The molecular weight excluding hydrogens is 290 g/mol. The zero-order valence-electron chi connectivity index (χ0n) is 15.2. The highest BCUT2D eigenvalue weighted by Gasteiger charge is 2.33. The largest absolute Gasteiger partial charge is 0.396 e. The Morgan fingerprint density at radius 2 is 1.83 bits per heavy atom. The van der Waals surface area contributed by atoms with Gasteiger partial charge in [-0.15, -0.1) is 0 Å². The number of rotatable bonds is 6. The predicted octanol–water partition coefficient (Wildman–Crippen LogP) is 1.46. The number of nitrogens with one attached hydrogen (secondary N) is 1. The standard InChI is InChI=1S/C18H35N3O2/c1-4-18(14-22)7-11-20(12-8-18)13-17(23)19-16-5-9-21(10-6-16)15(2)3/h15-16,22H,4-14H2,1-3H3,(H,19,23). The van der Waals surface area contributed by atoms with E-state index in [4.69, 9.17) is 0 Å². The molecule has 0 unspecified atom stereocenters. The van der Waals surface area contributed by atoms with E-state index in [0.29, 0.717) is 18.6 Å². The average Bonchev–Trinajstić information content (AvgIpc) is 2.56. The zero-order chi connectivity index (χ0) is 16.9. The molecule has 5 heteroatoms. The number of aliphatic hydroxyl groups is 1. The van der Waals surface area contributed by atoms with E-state index in [1.165, 1.54) is 0 Å². The minimum absolute atomic E-state index is 0.0939. The molecule has 0 aliphatic carbocycles. The number of carbonyl (C=O) groups is 1. The molecule has 0 radical (unpaired) electrons. The van der Waals surface area contributed by atoms with Gasteiger partial charge in [0.25, 0.3) is 0 Å². The molecule has 2 saturated heterocycles. The Labute approximate surface area is 141 Å². The van der Waals surface area contributed by atoms with Crippen LogP contribution in [0.2, 0.25) is 0 Å². The summed E-state index contributed by atoms with van der Waals surface area (Å²) >= 11 is 0. The van der Waals surface area contributed by atoms with Crippen molar-refractivity contribution in [3.8, 4) is 0 Å². The van der Waals surface area contributed by atoms with Crippen molar-refractivity contribution in [1.82, 2.24) is 15.1 Å². The first-order chi connectivity index (χ1) is 11.0. The molecule has 2 fully saturated rings. The van der Waals surface area contributed by atoms with Gasteiger partial charge in [-0.3, -0.25) is 9.69 Å². The van der Waals surface area contributed by atoms with E-state index in [0.717, 1.165) is 58.3 Å². The Morgan fingerprint density at radius 1 is 1.22 bits per heavy atom. The number of carbonyl (C=O) groups excluding carboxylic acids is 1. The average molecular weight is 325 g/mol. The van der Waals surface area contributed by atoms with Gasteiger partial charge in [0.1, 0.15) is 0 Å². The Kier molecular flexibility index (Phi) is 6.86. The second kappa shape index (κ2) is 8.45. The van der Waals surface area contributed by atoms with Crippen molar-refractivity contribution >= 4 is 5.91 Å². The molecule has 23 heavy (non-hydrogen) atoms. The fraction of sp³-hybridized carbons (Fsp3) is 0.944. The summed E-state index contributed by atoms with van der Waals surface area (Å²) in [6, 6.07) is 0.944. The summed E-state index contributed by atoms with van der Waals surface area (Å²) in [5, 5.41) is 12.8. The van der Waals surface area contributed by atoms with Crippen LogP contribution in [-0.2, 0) is 4.79 Å². The lowest BCUT2D eigenvalue weighted by Crippen LogP contribution is -2.50. The summed E-state index contributed by atoms with van der Waals surface area (Å²) in [6.07, 6.45) is 5.15.